The van der Waals surface area contributed by atoms with Crippen molar-refractivity contribution in [2.24, 2.45) is 0 Å². The van der Waals surface area contributed by atoms with Crippen LogP contribution in [0.15, 0.2) is 51.8 Å². The smallest absolute Gasteiger partial charge is 0.123 e. The summed E-state index contributed by atoms with van der Waals surface area (Å²) in [4.78, 5) is 1.40. The molecule has 0 saturated carbocycles. The van der Waals surface area contributed by atoms with E-state index in [2.05, 4.69) is 62.2 Å². The maximum Gasteiger partial charge on any atom is 0.123 e. The summed E-state index contributed by atoms with van der Waals surface area (Å²) in [7, 11) is 0. The van der Waals surface area contributed by atoms with Gasteiger partial charge in [-0.1, -0.05) is 50.1 Å². The lowest BCUT2D eigenvalue weighted by atomic mass is 10.0. The van der Waals surface area contributed by atoms with Gasteiger partial charge in [-0.3, -0.25) is 0 Å². The molecule has 0 saturated heterocycles. The van der Waals surface area contributed by atoms with Crippen molar-refractivity contribution in [2.75, 3.05) is 12.4 Å². The summed E-state index contributed by atoms with van der Waals surface area (Å²) in [5.74, 6) is 2.57. The lowest BCUT2D eigenvalue weighted by molar-refractivity contribution is 0.296. The molecule has 1 aliphatic rings. The molecule has 1 nitrogen and oxygen atoms in total. The Bertz CT molecular complexity index is 615. The Labute approximate surface area is 140 Å². The van der Waals surface area contributed by atoms with Gasteiger partial charge in [0.1, 0.15) is 5.75 Å². The summed E-state index contributed by atoms with van der Waals surface area (Å²) in [6, 6.07) is 14.8. The molecular formula is C16H14Br2OS. The molecule has 0 fully saturated rings. The van der Waals surface area contributed by atoms with Crippen LogP contribution in [-0.4, -0.2) is 12.4 Å². The SMILES string of the molecule is BrCc1cc(Br)ccc1OCC1CSc2ccccc21. The summed E-state index contributed by atoms with van der Waals surface area (Å²) in [5, 5.41) is 0.803. The first-order valence-corrected chi connectivity index (χ1v) is 9.37. The van der Waals surface area contributed by atoms with Crippen LogP contribution in [0.2, 0.25) is 0 Å². The number of benzene rings is 2. The molecule has 1 heterocycles. The van der Waals surface area contributed by atoms with E-state index >= 15 is 0 Å². The predicted octanol–water partition coefficient (Wildman–Crippen LogP) is 5.61. The summed E-state index contributed by atoms with van der Waals surface area (Å²) in [6.45, 7) is 0.742. The van der Waals surface area contributed by atoms with E-state index in [9.17, 15) is 0 Å². The third-order valence-corrected chi connectivity index (χ3v) is 5.75. The van der Waals surface area contributed by atoms with Gasteiger partial charge in [0.25, 0.3) is 0 Å². The number of hydrogen-bond donors (Lipinski definition) is 0. The van der Waals surface area contributed by atoms with E-state index in [1.807, 2.05) is 23.9 Å². The Kier molecular flexibility index (Phi) is 4.74. The molecule has 1 unspecified atom stereocenters. The Morgan fingerprint density at radius 3 is 2.90 bits per heavy atom. The first-order valence-electron chi connectivity index (χ1n) is 6.47. The van der Waals surface area contributed by atoms with Gasteiger partial charge < -0.3 is 4.74 Å². The fourth-order valence-electron chi connectivity index (χ4n) is 2.35. The van der Waals surface area contributed by atoms with Crippen LogP contribution in [0.5, 0.6) is 5.75 Å². The van der Waals surface area contributed by atoms with Gasteiger partial charge in [-0.05, 0) is 29.8 Å². The van der Waals surface area contributed by atoms with Gasteiger partial charge in [-0.15, -0.1) is 11.8 Å². The van der Waals surface area contributed by atoms with Crippen LogP contribution in [0.4, 0.5) is 0 Å². The van der Waals surface area contributed by atoms with Gasteiger partial charge in [0.05, 0.1) is 6.61 Å². The van der Waals surface area contributed by atoms with Crippen molar-refractivity contribution in [2.45, 2.75) is 16.1 Å². The van der Waals surface area contributed by atoms with Gasteiger partial charge >= 0.3 is 0 Å². The van der Waals surface area contributed by atoms with Gasteiger partial charge in [0, 0.05) is 31.9 Å². The predicted molar refractivity (Wildman–Crippen MR) is 92.2 cm³/mol. The molecule has 0 amide bonds. The van der Waals surface area contributed by atoms with Crippen LogP contribution in [0, 0.1) is 0 Å². The fraction of sp³-hybridized carbons (Fsp3) is 0.250. The first kappa shape index (κ1) is 14.5. The van der Waals surface area contributed by atoms with E-state index < -0.39 is 0 Å². The molecule has 0 aliphatic carbocycles. The highest BCUT2D eigenvalue weighted by atomic mass is 79.9. The van der Waals surface area contributed by atoms with Gasteiger partial charge in [0.15, 0.2) is 0 Å². The number of rotatable bonds is 4. The van der Waals surface area contributed by atoms with Crippen molar-refractivity contribution in [1.29, 1.82) is 0 Å². The Morgan fingerprint density at radius 2 is 2.05 bits per heavy atom. The van der Waals surface area contributed by atoms with E-state index in [1.54, 1.807) is 0 Å². The minimum absolute atomic E-state index is 0.489. The highest BCUT2D eigenvalue weighted by Gasteiger charge is 2.23. The minimum atomic E-state index is 0.489. The van der Waals surface area contributed by atoms with Crippen molar-refractivity contribution < 1.29 is 4.74 Å². The maximum atomic E-state index is 6.06. The fourth-order valence-corrected chi connectivity index (χ4v) is 4.43. The second kappa shape index (κ2) is 6.54. The van der Waals surface area contributed by atoms with Crippen molar-refractivity contribution in [3.05, 3.63) is 58.1 Å². The second-order valence-corrected chi connectivity index (χ2v) is 7.28. The van der Waals surface area contributed by atoms with Crippen LogP contribution in [0.1, 0.15) is 17.0 Å². The van der Waals surface area contributed by atoms with Gasteiger partial charge in [0.2, 0.25) is 0 Å². The highest BCUT2D eigenvalue weighted by molar-refractivity contribution is 9.10. The zero-order chi connectivity index (χ0) is 13.9. The quantitative estimate of drug-likeness (QED) is 0.602. The van der Waals surface area contributed by atoms with E-state index in [1.165, 1.54) is 16.0 Å². The molecule has 20 heavy (non-hydrogen) atoms. The van der Waals surface area contributed by atoms with Crippen molar-refractivity contribution in [3.63, 3.8) is 0 Å². The van der Waals surface area contributed by atoms with Crippen LogP contribution in [-0.2, 0) is 5.33 Å². The molecule has 2 aromatic rings. The van der Waals surface area contributed by atoms with Crippen molar-refractivity contribution in [3.8, 4) is 5.75 Å². The lowest BCUT2D eigenvalue weighted by Gasteiger charge is -2.15. The molecule has 4 heteroatoms. The molecule has 1 aliphatic heterocycles. The molecular weight excluding hydrogens is 400 g/mol. The Balaban J connectivity index is 1.72. The topological polar surface area (TPSA) is 9.23 Å². The van der Waals surface area contributed by atoms with Crippen molar-refractivity contribution >= 4 is 43.6 Å². The Morgan fingerprint density at radius 1 is 1.20 bits per heavy atom. The van der Waals surface area contributed by atoms with Crippen LogP contribution >= 0.6 is 43.6 Å². The summed E-state index contributed by atoms with van der Waals surface area (Å²) >= 11 is 8.94. The monoisotopic (exact) mass is 412 g/mol. The molecule has 0 radical (unpaired) electrons. The average Bonchev–Trinajstić information content (AvgIpc) is 2.89. The molecule has 0 spiro atoms. The molecule has 3 rings (SSSR count). The normalized spacial score (nSPS) is 17.0. The molecule has 104 valence electrons. The molecule has 0 bridgehead atoms. The number of ether oxygens (including phenoxy) is 1. The number of hydrogen-bond acceptors (Lipinski definition) is 2. The Hall–Kier alpha value is -0.450. The van der Waals surface area contributed by atoms with E-state index in [0.717, 1.165) is 27.9 Å². The highest BCUT2D eigenvalue weighted by Crippen LogP contribution is 2.39. The van der Waals surface area contributed by atoms with Gasteiger partial charge in [-0.2, -0.15) is 0 Å². The zero-order valence-corrected chi connectivity index (χ0v) is 14.8. The van der Waals surface area contributed by atoms with Crippen LogP contribution < -0.4 is 4.74 Å². The number of halogens is 2. The number of fused-ring (bicyclic) bond motifs is 1. The second-order valence-electron chi connectivity index (χ2n) is 4.74. The molecule has 0 aromatic heterocycles. The van der Waals surface area contributed by atoms with E-state index in [0.29, 0.717) is 5.92 Å². The third-order valence-electron chi connectivity index (χ3n) is 3.41. The van der Waals surface area contributed by atoms with E-state index in [4.69, 9.17) is 4.74 Å². The number of thioether (sulfide) groups is 1. The molecule has 2 aromatic carbocycles. The molecule has 0 N–H and O–H groups in total. The standard InChI is InChI=1S/C16H14Br2OS/c17-8-11-7-13(18)5-6-15(11)19-9-12-10-20-16-4-2-1-3-14(12)16/h1-7,12H,8-10H2. The summed E-state index contributed by atoms with van der Waals surface area (Å²) in [5.41, 5.74) is 2.60. The molecule has 1 atom stereocenters. The summed E-state index contributed by atoms with van der Waals surface area (Å²) < 4.78 is 7.14. The van der Waals surface area contributed by atoms with Crippen molar-refractivity contribution in [1.82, 2.24) is 0 Å². The lowest BCUT2D eigenvalue weighted by Crippen LogP contribution is -2.10. The van der Waals surface area contributed by atoms with Crippen LogP contribution in [0.25, 0.3) is 0 Å². The average molecular weight is 414 g/mol. The largest absolute Gasteiger partial charge is 0.493 e. The zero-order valence-electron chi connectivity index (χ0n) is 10.8. The number of alkyl halides is 1. The summed E-state index contributed by atoms with van der Waals surface area (Å²) in [6.07, 6.45) is 0. The maximum absolute atomic E-state index is 6.06. The van der Waals surface area contributed by atoms with Gasteiger partial charge in [-0.25, -0.2) is 0 Å². The van der Waals surface area contributed by atoms with Crippen LogP contribution in [0.3, 0.4) is 0 Å². The van der Waals surface area contributed by atoms with E-state index in [-0.39, 0.29) is 0 Å². The first-order chi connectivity index (χ1) is 9.78. The minimum Gasteiger partial charge on any atom is -0.493 e. The third kappa shape index (κ3) is 3.07.